The molecule has 0 radical (unpaired) electrons. The highest BCUT2D eigenvalue weighted by atomic mass is 32.2. The summed E-state index contributed by atoms with van der Waals surface area (Å²) in [6, 6.07) is 6.16. The molecule has 0 bridgehead atoms. The number of nitrogens with one attached hydrogen (secondary N) is 1. The van der Waals surface area contributed by atoms with Gasteiger partial charge in [0.2, 0.25) is 0 Å². The molecule has 27 heavy (non-hydrogen) atoms. The molecule has 1 aromatic carbocycles. The van der Waals surface area contributed by atoms with Gasteiger partial charge in [-0.15, -0.1) is 4.40 Å². The van der Waals surface area contributed by atoms with Gasteiger partial charge in [0.15, 0.2) is 12.4 Å². The summed E-state index contributed by atoms with van der Waals surface area (Å²) in [5, 5.41) is 2.77. The van der Waals surface area contributed by atoms with E-state index in [-0.39, 0.29) is 29.3 Å². The molecule has 0 spiro atoms. The first-order valence-electron chi connectivity index (χ1n) is 9.13. The fourth-order valence-corrected chi connectivity index (χ4v) is 4.67. The molecule has 1 N–H and O–H groups in total. The maximum atomic E-state index is 12.6. The lowest BCUT2D eigenvalue weighted by atomic mass is 10.0. The number of sulfonamides is 1. The molecule has 0 aromatic heterocycles. The second-order valence-electron chi connectivity index (χ2n) is 7.04. The predicted octanol–water partition coefficient (Wildman–Crippen LogP) is 0.812. The van der Waals surface area contributed by atoms with Gasteiger partial charge in [0.05, 0.1) is 0 Å². The average molecular weight is 391 g/mol. The third-order valence-electron chi connectivity index (χ3n) is 4.95. The minimum Gasteiger partial charge on any atom is -0.454 e. The SMILES string of the molecule is O=C(COC(=O)[C@H]1CCCCN1C1=NS(=O)(=O)c2ccccc21)NC1CC1. The van der Waals surface area contributed by atoms with Gasteiger partial charge in [0.1, 0.15) is 10.9 Å². The van der Waals surface area contributed by atoms with E-state index in [2.05, 4.69) is 9.71 Å². The van der Waals surface area contributed by atoms with Crippen molar-refractivity contribution in [3.63, 3.8) is 0 Å². The van der Waals surface area contributed by atoms with Crippen molar-refractivity contribution in [1.82, 2.24) is 10.2 Å². The van der Waals surface area contributed by atoms with Crippen molar-refractivity contribution in [2.24, 2.45) is 4.40 Å². The van der Waals surface area contributed by atoms with E-state index in [1.165, 1.54) is 6.07 Å². The summed E-state index contributed by atoms with van der Waals surface area (Å²) in [6.45, 7) is 0.192. The summed E-state index contributed by atoms with van der Waals surface area (Å²) < 4.78 is 33.8. The van der Waals surface area contributed by atoms with Crippen LogP contribution >= 0.6 is 0 Å². The molecular formula is C18H21N3O5S. The molecule has 4 rings (SSSR count). The van der Waals surface area contributed by atoms with E-state index >= 15 is 0 Å². The molecule has 1 aromatic rings. The summed E-state index contributed by atoms with van der Waals surface area (Å²) >= 11 is 0. The third kappa shape index (κ3) is 3.69. The van der Waals surface area contributed by atoms with Crippen LogP contribution in [0.5, 0.6) is 0 Å². The Morgan fingerprint density at radius 1 is 1.19 bits per heavy atom. The third-order valence-corrected chi connectivity index (χ3v) is 6.27. The Hall–Kier alpha value is -2.42. The summed E-state index contributed by atoms with van der Waals surface area (Å²) in [5.41, 5.74) is 0.503. The van der Waals surface area contributed by atoms with Crippen LogP contribution in [-0.2, 0) is 24.3 Å². The number of ether oxygens (including phenoxy) is 1. The Kier molecular flexibility index (Phi) is 4.63. The van der Waals surface area contributed by atoms with Crippen LogP contribution in [-0.4, -0.2) is 56.3 Å². The number of carbonyl (C=O) groups excluding carboxylic acids is 2. The van der Waals surface area contributed by atoms with E-state index in [1.807, 2.05) is 0 Å². The number of benzene rings is 1. The van der Waals surface area contributed by atoms with Crippen molar-refractivity contribution in [3.8, 4) is 0 Å². The standard InChI is InChI=1S/C18H21N3O5S/c22-16(19-12-8-9-12)11-26-18(23)14-6-3-4-10-21(14)17-13-5-1-2-7-15(13)27(24,25)20-17/h1-2,5,7,12,14H,3-4,6,8-11H2,(H,19,22)/t14-/m1/s1. The second-order valence-corrected chi connectivity index (χ2v) is 8.61. The zero-order chi connectivity index (χ0) is 19.0. The van der Waals surface area contributed by atoms with Crippen LogP contribution in [0.25, 0.3) is 0 Å². The Morgan fingerprint density at radius 2 is 1.96 bits per heavy atom. The number of carbonyl (C=O) groups is 2. The highest BCUT2D eigenvalue weighted by Gasteiger charge is 2.38. The van der Waals surface area contributed by atoms with Crippen LogP contribution in [0.3, 0.4) is 0 Å². The van der Waals surface area contributed by atoms with E-state index in [1.54, 1.807) is 23.1 Å². The maximum Gasteiger partial charge on any atom is 0.329 e. The number of amides is 1. The summed E-state index contributed by atoms with van der Waals surface area (Å²) in [7, 11) is -3.76. The van der Waals surface area contributed by atoms with Crippen LogP contribution in [0.4, 0.5) is 0 Å². The van der Waals surface area contributed by atoms with Gasteiger partial charge in [-0.1, -0.05) is 12.1 Å². The monoisotopic (exact) mass is 391 g/mol. The van der Waals surface area contributed by atoms with Crippen LogP contribution in [0.2, 0.25) is 0 Å². The van der Waals surface area contributed by atoms with Crippen molar-refractivity contribution in [1.29, 1.82) is 0 Å². The quantitative estimate of drug-likeness (QED) is 0.762. The van der Waals surface area contributed by atoms with Crippen LogP contribution < -0.4 is 5.32 Å². The van der Waals surface area contributed by atoms with E-state index in [0.29, 0.717) is 18.5 Å². The highest BCUT2D eigenvalue weighted by Crippen LogP contribution is 2.31. The molecule has 3 aliphatic rings. The van der Waals surface area contributed by atoms with Gasteiger partial charge in [-0.05, 0) is 44.2 Å². The Balaban J connectivity index is 1.51. The van der Waals surface area contributed by atoms with Crippen LogP contribution in [0.15, 0.2) is 33.6 Å². The van der Waals surface area contributed by atoms with E-state index in [9.17, 15) is 18.0 Å². The Labute approximate surface area is 157 Å². The Morgan fingerprint density at radius 3 is 2.74 bits per heavy atom. The Bertz CT molecular complexity index is 907. The van der Waals surface area contributed by atoms with Gasteiger partial charge in [-0.3, -0.25) is 4.79 Å². The predicted molar refractivity (Wildman–Crippen MR) is 96.6 cm³/mol. The lowest BCUT2D eigenvalue weighted by Gasteiger charge is -2.35. The van der Waals surface area contributed by atoms with Crippen molar-refractivity contribution in [2.45, 2.75) is 49.1 Å². The molecule has 9 heteroatoms. The summed E-state index contributed by atoms with van der Waals surface area (Å²) in [5.74, 6) is -0.542. The second kappa shape index (κ2) is 6.95. The lowest BCUT2D eigenvalue weighted by molar-refractivity contribution is -0.153. The number of amidine groups is 1. The largest absolute Gasteiger partial charge is 0.454 e. The molecule has 144 valence electrons. The summed E-state index contributed by atoms with van der Waals surface area (Å²) in [6.07, 6.45) is 4.11. The number of nitrogens with zero attached hydrogens (tertiary/aromatic N) is 2. The van der Waals surface area contributed by atoms with Gasteiger partial charge < -0.3 is 15.0 Å². The van der Waals surface area contributed by atoms with Crippen molar-refractivity contribution >= 4 is 27.7 Å². The molecule has 1 saturated carbocycles. The van der Waals surface area contributed by atoms with Gasteiger partial charge in [0.25, 0.3) is 15.9 Å². The number of fused-ring (bicyclic) bond motifs is 1. The normalized spacial score (nSPS) is 23.3. The van der Waals surface area contributed by atoms with Crippen molar-refractivity contribution < 1.29 is 22.7 Å². The molecule has 1 atom stereocenters. The zero-order valence-electron chi connectivity index (χ0n) is 14.8. The number of likely N-dealkylation sites (tertiary alicyclic amines) is 1. The molecule has 1 aliphatic carbocycles. The number of rotatable bonds is 4. The molecule has 1 amide bonds. The molecular weight excluding hydrogens is 370 g/mol. The highest BCUT2D eigenvalue weighted by molar-refractivity contribution is 7.90. The minimum atomic E-state index is -3.76. The smallest absolute Gasteiger partial charge is 0.329 e. The van der Waals surface area contributed by atoms with E-state index in [4.69, 9.17) is 4.74 Å². The van der Waals surface area contributed by atoms with Gasteiger partial charge in [-0.25, -0.2) is 4.79 Å². The fraction of sp³-hybridized carbons (Fsp3) is 0.500. The first kappa shape index (κ1) is 18.0. The molecule has 1 saturated heterocycles. The van der Waals surface area contributed by atoms with Crippen LogP contribution in [0.1, 0.15) is 37.7 Å². The van der Waals surface area contributed by atoms with Crippen molar-refractivity contribution in [2.75, 3.05) is 13.2 Å². The first-order chi connectivity index (χ1) is 13.0. The molecule has 2 fully saturated rings. The topological polar surface area (TPSA) is 105 Å². The van der Waals surface area contributed by atoms with Crippen molar-refractivity contribution in [3.05, 3.63) is 29.8 Å². The van der Waals surface area contributed by atoms with Crippen LogP contribution in [0, 0.1) is 0 Å². The average Bonchev–Trinajstić information content (AvgIpc) is 3.43. The molecule has 8 nitrogen and oxygen atoms in total. The van der Waals surface area contributed by atoms with E-state index in [0.717, 1.165) is 25.7 Å². The molecule has 2 heterocycles. The number of piperidine rings is 1. The first-order valence-corrected chi connectivity index (χ1v) is 10.6. The molecule has 2 aliphatic heterocycles. The fourth-order valence-electron chi connectivity index (χ4n) is 3.46. The number of hydrogen-bond donors (Lipinski definition) is 1. The summed E-state index contributed by atoms with van der Waals surface area (Å²) in [4.78, 5) is 26.2. The zero-order valence-corrected chi connectivity index (χ0v) is 15.6. The number of hydrogen-bond acceptors (Lipinski definition) is 6. The lowest BCUT2D eigenvalue weighted by Crippen LogP contribution is -2.49. The maximum absolute atomic E-state index is 12.6. The molecule has 0 unspecified atom stereocenters. The number of esters is 1. The van der Waals surface area contributed by atoms with Gasteiger partial charge >= 0.3 is 5.97 Å². The van der Waals surface area contributed by atoms with E-state index < -0.39 is 22.0 Å². The minimum absolute atomic E-state index is 0.154. The van der Waals surface area contributed by atoms with Gasteiger partial charge in [-0.2, -0.15) is 8.42 Å². The van der Waals surface area contributed by atoms with Gasteiger partial charge in [0, 0.05) is 18.2 Å².